The van der Waals surface area contributed by atoms with Crippen LogP contribution in [-0.2, 0) is 10.0 Å². The number of hydrogen-bond donors (Lipinski definition) is 3. The maximum atomic E-state index is 13.0. The van der Waals surface area contributed by atoms with Crippen molar-refractivity contribution < 1.29 is 17.6 Å². The smallest absolute Gasteiger partial charge is 0.316 e. The first-order chi connectivity index (χ1) is 10.3. The molecule has 4 N–H and O–H groups in total. The second-order valence-corrected chi connectivity index (χ2v) is 6.30. The van der Waals surface area contributed by atoms with Gasteiger partial charge in [-0.3, -0.25) is 4.72 Å². The number of halogens is 2. The number of hydrogen-bond acceptors (Lipinski definition) is 3. The van der Waals surface area contributed by atoms with Crippen molar-refractivity contribution in [2.24, 2.45) is 5.73 Å². The summed E-state index contributed by atoms with van der Waals surface area (Å²) in [7, 11) is -3.96. The molecule has 0 aromatic heterocycles. The summed E-state index contributed by atoms with van der Waals surface area (Å²) in [6, 6.07) is 8.05. The fraction of sp³-hybridized carbons (Fsp3) is 0. The molecule has 0 saturated heterocycles. The molecular weight excluding hydrogens is 333 g/mol. The van der Waals surface area contributed by atoms with Crippen LogP contribution in [0.3, 0.4) is 0 Å². The highest BCUT2D eigenvalue weighted by Gasteiger charge is 2.18. The maximum absolute atomic E-state index is 13.0. The van der Waals surface area contributed by atoms with E-state index >= 15 is 0 Å². The molecule has 9 heteroatoms. The highest BCUT2D eigenvalue weighted by Crippen LogP contribution is 2.25. The van der Waals surface area contributed by atoms with Gasteiger partial charge >= 0.3 is 6.03 Å². The van der Waals surface area contributed by atoms with Crippen molar-refractivity contribution in [3.05, 3.63) is 53.3 Å². The van der Waals surface area contributed by atoms with Crippen LogP contribution < -0.4 is 15.8 Å². The summed E-state index contributed by atoms with van der Waals surface area (Å²) in [6.07, 6.45) is 0. The SMILES string of the molecule is NC(=O)Nc1ccc(NS(=O)(=O)c2ccc(F)cc2Cl)cc1. The second kappa shape index (κ2) is 6.20. The van der Waals surface area contributed by atoms with Gasteiger partial charge in [-0.1, -0.05) is 11.6 Å². The zero-order valence-electron chi connectivity index (χ0n) is 11.0. The first kappa shape index (κ1) is 16.1. The Kier molecular flexibility index (Phi) is 4.53. The second-order valence-electron chi connectivity index (χ2n) is 4.25. The number of anilines is 2. The fourth-order valence-corrected chi connectivity index (χ4v) is 3.26. The van der Waals surface area contributed by atoms with Gasteiger partial charge in [0, 0.05) is 11.4 Å². The lowest BCUT2D eigenvalue weighted by molar-refractivity contribution is 0.259. The number of primary amides is 1. The van der Waals surface area contributed by atoms with E-state index in [4.69, 9.17) is 17.3 Å². The Balaban J connectivity index is 2.23. The summed E-state index contributed by atoms with van der Waals surface area (Å²) in [4.78, 5) is 10.4. The minimum absolute atomic E-state index is 0.223. The number of urea groups is 1. The van der Waals surface area contributed by atoms with Gasteiger partial charge in [-0.2, -0.15) is 0 Å². The van der Waals surface area contributed by atoms with Crippen molar-refractivity contribution in [1.82, 2.24) is 0 Å². The van der Waals surface area contributed by atoms with Crippen LogP contribution in [0.4, 0.5) is 20.6 Å². The Bertz CT molecular complexity index is 810. The van der Waals surface area contributed by atoms with Crippen LogP contribution in [0.5, 0.6) is 0 Å². The molecule has 0 atom stereocenters. The first-order valence-electron chi connectivity index (χ1n) is 5.92. The molecule has 0 spiro atoms. The normalized spacial score (nSPS) is 11.0. The summed E-state index contributed by atoms with van der Waals surface area (Å²) in [5.41, 5.74) is 5.62. The average molecular weight is 344 g/mol. The monoisotopic (exact) mass is 343 g/mol. The van der Waals surface area contributed by atoms with Crippen LogP contribution in [0.1, 0.15) is 0 Å². The zero-order chi connectivity index (χ0) is 16.3. The van der Waals surface area contributed by atoms with Crippen molar-refractivity contribution in [1.29, 1.82) is 0 Å². The van der Waals surface area contributed by atoms with E-state index in [9.17, 15) is 17.6 Å². The number of rotatable bonds is 4. The van der Waals surface area contributed by atoms with Gasteiger partial charge in [-0.05, 0) is 42.5 Å². The van der Waals surface area contributed by atoms with Gasteiger partial charge in [-0.25, -0.2) is 17.6 Å². The van der Waals surface area contributed by atoms with E-state index in [1.807, 2.05) is 0 Å². The van der Waals surface area contributed by atoms with Gasteiger partial charge in [-0.15, -0.1) is 0 Å². The molecule has 0 saturated carbocycles. The molecule has 0 bridgehead atoms. The van der Waals surface area contributed by atoms with Crippen LogP contribution in [0.25, 0.3) is 0 Å². The van der Waals surface area contributed by atoms with E-state index in [0.29, 0.717) is 5.69 Å². The van der Waals surface area contributed by atoms with E-state index in [1.54, 1.807) is 0 Å². The Morgan fingerprint density at radius 2 is 1.68 bits per heavy atom. The Labute approximate surface area is 131 Å². The number of amides is 2. The molecule has 0 heterocycles. The highest BCUT2D eigenvalue weighted by molar-refractivity contribution is 7.92. The van der Waals surface area contributed by atoms with Gasteiger partial charge in [0.2, 0.25) is 0 Å². The molecule has 2 aromatic carbocycles. The molecule has 0 aliphatic heterocycles. The first-order valence-corrected chi connectivity index (χ1v) is 7.78. The highest BCUT2D eigenvalue weighted by atomic mass is 35.5. The molecule has 0 radical (unpaired) electrons. The predicted molar refractivity (Wildman–Crippen MR) is 81.9 cm³/mol. The largest absolute Gasteiger partial charge is 0.351 e. The van der Waals surface area contributed by atoms with E-state index in [0.717, 1.165) is 18.2 Å². The topological polar surface area (TPSA) is 101 Å². The Morgan fingerprint density at radius 3 is 2.23 bits per heavy atom. The van der Waals surface area contributed by atoms with Gasteiger partial charge < -0.3 is 11.1 Å². The van der Waals surface area contributed by atoms with E-state index in [1.165, 1.54) is 24.3 Å². The van der Waals surface area contributed by atoms with E-state index in [-0.39, 0.29) is 15.6 Å². The predicted octanol–water partition coefficient (Wildman–Crippen LogP) is 2.77. The number of nitrogens with one attached hydrogen (secondary N) is 2. The van der Waals surface area contributed by atoms with Crippen molar-refractivity contribution >= 4 is 39.0 Å². The lowest BCUT2D eigenvalue weighted by Crippen LogP contribution is -2.19. The van der Waals surface area contributed by atoms with Crippen molar-refractivity contribution in [3.63, 3.8) is 0 Å². The van der Waals surface area contributed by atoms with E-state index in [2.05, 4.69) is 10.0 Å². The maximum Gasteiger partial charge on any atom is 0.316 e. The third-order valence-electron chi connectivity index (χ3n) is 2.59. The van der Waals surface area contributed by atoms with Crippen molar-refractivity contribution in [3.8, 4) is 0 Å². The van der Waals surface area contributed by atoms with Crippen LogP contribution in [0, 0.1) is 5.82 Å². The molecule has 2 amide bonds. The molecule has 0 aliphatic carbocycles. The molecule has 6 nitrogen and oxygen atoms in total. The van der Waals surface area contributed by atoms with Crippen LogP contribution in [-0.4, -0.2) is 14.4 Å². The number of nitrogens with two attached hydrogens (primary N) is 1. The average Bonchev–Trinajstić information content (AvgIpc) is 2.39. The summed E-state index contributed by atoms with van der Waals surface area (Å²) in [5.74, 6) is -0.633. The van der Waals surface area contributed by atoms with Crippen LogP contribution in [0.15, 0.2) is 47.4 Å². The number of carbonyl (C=O) groups excluding carboxylic acids is 1. The third-order valence-corrected chi connectivity index (χ3v) is 4.45. The zero-order valence-corrected chi connectivity index (χ0v) is 12.6. The number of sulfonamides is 1. The van der Waals surface area contributed by atoms with Gasteiger partial charge in [0.25, 0.3) is 10.0 Å². The van der Waals surface area contributed by atoms with Gasteiger partial charge in [0.05, 0.1) is 5.02 Å². The van der Waals surface area contributed by atoms with Gasteiger partial charge in [0.15, 0.2) is 0 Å². The van der Waals surface area contributed by atoms with E-state index < -0.39 is 21.9 Å². The quantitative estimate of drug-likeness (QED) is 0.795. The summed E-state index contributed by atoms with van der Waals surface area (Å²) < 4.78 is 39.6. The summed E-state index contributed by atoms with van der Waals surface area (Å²) in [6.45, 7) is 0. The molecule has 0 aliphatic rings. The van der Waals surface area contributed by atoms with Crippen molar-refractivity contribution in [2.75, 3.05) is 10.0 Å². The molecule has 0 fully saturated rings. The summed E-state index contributed by atoms with van der Waals surface area (Å²) >= 11 is 5.74. The third kappa shape index (κ3) is 3.86. The van der Waals surface area contributed by atoms with Crippen molar-refractivity contribution in [2.45, 2.75) is 4.90 Å². The molecular formula is C13H11ClFN3O3S. The minimum Gasteiger partial charge on any atom is -0.351 e. The standard InChI is InChI=1S/C13H11ClFN3O3S/c14-11-7-8(15)1-6-12(11)22(20,21)18-10-4-2-9(3-5-10)17-13(16)19/h1-7,18H,(H3,16,17,19). The molecule has 0 unspecified atom stereocenters. The molecule has 2 rings (SSSR count). The number of benzene rings is 2. The number of carbonyl (C=O) groups is 1. The molecule has 22 heavy (non-hydrogen) atoms. The van der Waals surface area contributed by atoms with Gasteiger partial charge in [0.1, 0.15) is 10.7 Å². The van der Waals surface area contributed by atoms with Crippen LogP contribution in [0.2, 0.25) is 5.02 Å². The Morgan fingerprint density at radius 1 is 1.09 bits per heavy atom. The Hall–Kier alpha value is -2.32. The lowest BCUT2D eigenvalue weighted by atomic mass is 10.3. The van der Waals surface area contributed by atoms with Crippen LogP contribution >= 0.6 is 11.6 Å². The molecule has 116 valence electrons. The summed E-state index contributed by atoms with van der Waals surface area (Å²) in [5, 5.41) is 2.12. The fourth-order valence-electron chi connectivity index (χ4n) is 1.67. The lowest BCUT2D eigenvalue weighted by Gasteiger charge is -2.10. The molecule has 2 aromatic rings. The minimum atomic E-state index is -3.96.